The normalized spacial score (nSPS) is 10.9. The maximum atomic E-state index is 9.59. The van der Waals surface area contributed by atoms with Gasteiger partial charge in [0.25, 0.3) is 0 Å². The average Bonchev–Trinajstić information content (AvgIpc) is 2.56. The number of aromatic nitrogens is 1. The van der Waals surface area contributed by atoms with Crippen molar-refractivity contribution in [2.45, 2.75) is 13.5 Å². The molecule has 0 aliphatic rings. The first-order valence-electron chi connectivity index (χ1n) is 7.32. The third-order valence-corrected chi connectivity index (χ3v) is 4.63. The Bertz CT molecular complexity index is 892. The molecule has 1 N–H and O–H groups in total. The summed E-state index contributed by atoms with van der Waals surface area (Å²) in [7, 11) is 0. The summed E-state index contributed by atoms with van der Waals surface area (Å²) < 4.78 is 0. The van der Waals surface area contributed by atoms with E-state index in [2.05, 4.69) is 4.98 Å². The van der Waals surface area contributed by atoms with Gasteiger partial charge in [0, 0.05) is 37.5 Å². The molecule has 0 aliphatic heterocycles. The molecule has 5 heteroatoms. The van der Waals surface area contributed by atoms with E-state index < -0.39 is 0 Å². The molecule has 0 radical (unpaired) electrons. The van der Waals surface area contributed by atoms with Crippen LogP contribution in [0.2, 0.25) is 15.1 Å². The van der Waals surface area contributed by atoms with Crippen LogP contribution in [0.3, 0.4) is 0 Å². The lowest BCUT2D eigenvalue weighted by Gasteiger charge is -2.15. The molecule has 3 rings (SSSR count). The maximum absolute atomic E-state index is 9.59. The largest absolute Gasteiger partial charge is 0.392 e. The van der Waals surface area contributed by atoms with Crippen molar-refractivity contribution in [2.75, 3.05) is 0 Å². The lowest BCUT2D eigenvalue weighted by atomic mass is 9.96. The molecule has 0 amide bonds. The average molecular weight is 379 g/mol. The van der Waals surface area contributed by atoms with E-state index in [1.807, 2.05) is 43.3 Å². The third kappa shape index (κ3) is 3.42. The number of rotatable bonds is 3. The van der Waals surface area contributed by atoms with Crippen LogP contribution in [0.5, 0.6) is 0 Å². The number of aliphatic hydroxyl groups excluding tert-OH is 1. The van der Waals surface area contributed by atoms with Crippen LogP contribution in [0.15, 0.2) is 48.5 Å². The van der Waals surface area contributed by atoms with E-state index in [1.165, 1.54) is 0 Å². The summed E-state index contributed by atoms with van der Waals surface area (Å²) in [4.78, 5) is 4.69. The number of halogens is 3. The highest BCUT2D eigenvalue weighted by atomic mass is 35.5. The van der Waals surface area contributed by atoms with Crippen molar-refractivity contribution in [3.8, 4) is 22.4 Å². The molecule has 3 aromatic rings. The Hall–Kier alpha value is -1.58. The van der Waals surface area contributed by atoms with Crippen molar-refractivity contribution in [3.63, 3.8) is 0 Å². The van der Waals surface area contributed by atoms with Crippen LogP contribution in [0.4, 0.5) is 0 Å². The fourth-order valence-electron chi connectivity index (χ4n) is 2.55. The number of hydrogen-bond donors (Lipinski definition) is 1. The fourth-order valence-corrected chi connectivity index (χ4v) is 3.18. The molecular weight excluding hydrogens is 365 g/mol. The molecule has 1 heterocycles. The summed E-state index contributed by atoms with van der Waals surface area (Å²) in [5.41, 5.74) is 4.89. The lowest BCUT2D eigenvalue weighted by molar-refractivity contribution is 0.280. The van der Waals surface area contributed by atoms with E-state index in [0.717, 1.165) is 33.6 Å². The molecule has 0 saturated heterocycles. The minimum atomic E-state index is -0.0854. The molecule has 1 aromatic heterocycles. The van der Waals surface area contributed by atoms with E-state index in [4.69, 9.17) is 34.8 Å². The number of nitrogens with zero attached hydrogens (tertiary/aromatic N) is 1. The van der Waals surface area contributed by atoms with Crippen molar-refractivity contribution in [2.24, 2.45) is 0 Å². The van der Waals surface area contributed by atoms with E-state index in [9.17, 15) is 5.11 Å². The molecule has 0 unspecified atom stereocenters. The highest BCUT2D eigenvalue weighted by molar-refractivity contribution is 6.36. The summed E-state index contributed by atoms with van der Waals surface area (Å²) in [5, 5.41) is 11.4. The zero-order chi connectivity index (χ0) is 17.3. The second kappa shape index (κ2) is 7.12. The SMILES string of the molecule is Cc1nc(-c2ccc(Cl)cc2)c(-c2ccc(Cl)cc2Cl)cc1CO. The van der Waals surface area contributed by atoms with E-state index in [-0.39, 0.29) is 6.61 Å². The predicted molar refractivity (Wildman–Crippen MR) is 101 cm³/mol. The number of pyridine rings is 1. The molecule has 122 valence electrons. The van der Waals surface area contributed by atoms with Crippen molar-refractivity contribution in [1.29, 1.82) is 0 Å². The van der Waals surface area contributed by atoms with Gasteiger partial charge >= 0.3 is 0 Å². The van der Waals surface area contributed by atoms with Crippen LogP contribution in [-0.4, -0.2) is 10.1 Å². The topological polar surface area (TPSA) is 33.1 Å². The van der Waals surface area contributed by atoms with Crippen LogP contribution in [0, 0.1) is 6.92 Å². The van der Waals surface area contributed by atoms with Gasteiger partial charge in [-0.2, -0.15) is 0 Å². The van der Waals surface area contributed by atoms with Crippen LogP contribution in [0.1, 0.15) is 11.3 Å². The number of benzene rings is 2. The highest BCUT2D eigenvalue weighted by Gasteiger charge is 2.15. The first-order valence-corrected chi connectivity index (χ1v) is 8.45. The molecule has 2 aromatic carbocycles. The molecular formula is C19H14Cl3NO. The van der Waals surface area contributed by atoms with Crippen LogP contribution < -0.4 is 0 Å². The highest BCUT2D eigenvalue weighted by Crippen LogP contribution is 2.37. The van der Waals surface area contributed by atoms with Gasteiger partial charge in [-0.3, -0.25) is 4.98 Å². The van der Waals surface area contributed by atoms with Gasteiger partial charge in [-0.1, -0.05) is 53.0 Å². The Morgan fingerprint density at radius 3 is 2.17 bits per heavy atom. The number of aliphatic hydroxyl groups is 1. The van der Waals surface area contributed by atoms with Gasteiger partial charge < -0.3 is 5.11 Å². The third-order valence-electron chi connectivity index (χ3n) is 3.83. The Morgan fingerprint density at radius 2 is 1.54 bits per heavy atom. The van der Waals surface area contributed by atoms with Gasteiger partial charge in [0.1, 0.15) is 0 Å². The molecule has 2 nitrogen and oxygen atoms in total. The quantitative estimate of drug-likeness (QED) is 0.590. The monoisotopic (exact) mass is 377 g/mol. The first kappa shape index (κ1) is 17.2. The van der Waals surface area contributed by atoms with Gasteiger partial charge in [-0.25, -0.2) is 0 Å². The molecule has 0 bridgehead atoms. The van der Waals surface area contributed by atoms with Gasteiger partial charge in [-0.05, 0) is 42.8 Å². The summed E-state index contributed by atoms with van der Waals surface area (Å²) in [6.45, 7) is 1.79. The molecule has 0 saturated carbocycles. The molecule has 0 fully saturated rings. The van der Waals surface area contributed by atoms with Crippen LogP contribution in [0.25, 0.3) is 22.4 Å². The Morgan fingerprint density at radius 1 is 0.875 bits per heavy atom. The maximum Gasteiger partial charge on any atom is 0.0784 e. The van der Waals surface area contributed by atoms with Gasteiger partial charge in [0.05, 0.1) is 12.3 Å². The van der Waals surface area contributed by atoms with E-state index in [1.54, 1.807) is 12.1 Å². The number of aryl methyl sites for hydroxylation is 1. The molecule has 0 spiro atoms. The zero-order valence-corrected chi connectivity index (χ0v) is 15.1. The standard InChI is InChI=1S/C19H14Cl3NO/c1-11-13(10-24)8-17(16-7-6-15(21)9-18(16)22)19(23-11)12-2-4-14(20)5-3-12/h2-9,24H,10H2,1H3. The minimum absolute atomic E-state index is 0.0854. The fraction of sp³-hybridized carbons (Fsp3) is 0.105. The lowest BCUT2D eigenvalue weighted by Crippen LogP contribution is -1.98. The summed E-state index contributed by atoms with van der Waals surface area (Å²) >= 11 is 18.4. The predicted octanol–water partition coefficient (Wildman–Crippen LogP) is 6.18. The first-order chi connectivity index (χ1) is 11.5. The smallest absolute Gasteiger partial charge is 0.0784 e. The molecule has 0 aliphatic carbocycles. The second-order valence-corrected chi connectivity index (χ2v) is 6.70. The summed E-state index contributed by atoms with van der Waals surface area (Å²) in [5.74, 6) is 0. The minimum Gasteiger partial charge on any atom is -0.392 e. The van der Waals surface area contributed by atoms with E-state index in [0.29, 0.717) is 15.1 Å². The van der Waals surface area contributed by atoms with Crippen molar-refractivity contribution in [3.05, 3.63) is 74.9 Å². The molecule has 24 heavy (non-hydrogen) atoms. The van der Waals surface area contributed by atoms with Gasteiger partial charge in [-0.15, -0.1) is 0 Å². The van der Waals surface area contributed by atoms with E-state index >= 15 is 0 Å². The Labute approximate surface area is 155 Å². The van der Waals surface area contributed by atoms with Gasteiger partial charge in [0.15, 0.2) is 0 Å². The van der Waals surface area contributed by atoms with Crippen molar-refractivity contribution < 1.29 is 5.11 Å². The number of hydrogen-bond acceptors (Lipinski definition) is 2. The summed E-state index contributed by atoms with van der Waals surface area (Å²) in [6.07, 6.45) is 0. The second-order valence-electron chi connectivity index (χ2n) is 5.42. The summed E-state index contributed by atoms with van der Waals surface area (Å²) in [6, 6.07) is 14.7. The Balaban J connectivity index is 2.28. The van der Waals surface area contributed by atoms with Crippen molar-refractivity contribution in [1.82, 2.24) is 4.98 Å². The zero-order valence-electron chi connectivity index (χ0n) is 12.9. The van der Waals surface area contributed by atoms with Crippen molar-refractivity contribution >= 4 is 34.8 Å². The molecule has 0 atom stereocenters. The Kier molecular flexibility index (Phi) is 5.12. The van der Waals surface area contributed by atoms with Crippen LogP contribution >= 0.6 is 34.8 Å². The van der Waals surface area contributed by atoms with Gasteiger partial charge in [0.2, 0.25) is 0 Å². The van der Waals surface area contributed by atoms with Crippen LogP contribution in [-0.2, 0) is 6.61 Å².